The summed E-state index contributed by atoms with van der Waals surface area (Å²) in [6.07, 6.45) is 1.22. The number of nitrogens with one attached hydrogen (secondary N) is 2. The predicted molar refractivity (Wildman–Crippen MR) is 87.8 cm³/mol. The summed E-state index contributed by atoms with van der Waals surface area (Å²) >= 11 is 0. The number of aliphatic carboxylic acids is 1. The van der Waals surface area contributed by atoms with E-state index in [9.17, 15) is 9.59 Å². The highest BCUT2D eigenvalue weighted by Gasteiger charge is 2.17. The number of benzene rings is 1. The molecule has 22 heavy (non-hydrogen) atoms. The van der Waals surface area contributed by atoms with Crippen molar-refractivity contribution in [2.24, 2.45) is 0 Å². The molecule has 7 heteroatoms. The van der Waals surface area contributed by atoms with Crippen LogP contribution in [0.3, 0.4) is 0 Å². The minimum atomic E-state index is -0.945. The number of carbonyl (C=O) groups is 2. The number of rotatable bonds is 9. The van der Waals surface area contributed by atoms with E-state index in [-0.39, 0.29) is 24.9 Å². The van der Waals surface area contributed by atoms with Crippen molar-refractivity contribution in [3.8, 4) is 5.75 Å². The molecule has 1 rings (SSSR count). The maximum Gasteiger partial charge on any atom is 0.320 e. The Kier molecular flexibility index (Phi) is 9.98. The molecule has 0 radical (unpaired) electrons. The smallest absolute Gasteiger partial charge is 0.320 e. The fourth-order valence-electron chi connectivity index (χ4n) is 1.86. The monoisotopic (exact) mass is 330 g/mol. The lowest BCUT2D eigenvalue weighted by molar-refractivity contribution is -0.139. The number of anilines is 1. The van der Waals surface area contributed by atoms with Gasteiger partial charge in [-0.15, -0.1) is 12.4 Å². The highest BCUT2D eigenvalue weighted by atomic mass is 35.5. The van der Waals surface area contributed by atoms with Crippen LogP contribution in [0.25, 0.3) is 0 Å². The summed E-state index contributed by atoms with van der Waals surface area (Å²) in [4.78, 5) is 22.9. The van der Waals surface area contributed by atoms with Crippen LogP contribution >= 0.6 is 12.4 Å². The fraction of sp³-hybridized carbons (Fsp3) is 0.467. The van der Waals surface area contributed by atoms with Gasteiger partial charge in [0.25, 0.3) is 0 Å². The Morgan fingerprint density at radius 2 is 1.95 bits per heavy atom. The Balaban J connectivity index is 0.00000441. The molecule has 1 unspecified atom stereocenters. The lowest BCUT2D eigenvalue weighted by Crippen LogP contribution is -2.41. The SMILES string of the molecule is CCCC(NCC(=O)Nc1ccccc1OCC)C(=O)O.Cl. The van der Waals surface area contributed by atoms with E-state index in [0.717, 1.165) is 6.42 Å². The van der Waals surface area contributed by atoms with E-state index in [0.29, 0.717) is 24.5 Å². The van der Waals surface area contributed by atoms with Crippen LogP contribution in [0.2, 0.25) is 0 Å². The third-order valence-corrected chi connectivity index (χ3v) is 2.85. The second-order valence-electron chi connectivity index (χ2n) is 4.54. The number of carboxylic acids is 1. The number of hydrogen-bond acceptors (Lipinski definition) is 4. The molecule has 0 heterocycles. The average Bonchev–Trinajstić information content (AvgIpc) is 2.45. The first-order valence-electron chi connectivity index (χ1n) is 7.06. The Bertz CT molecular complexity index is 482. The van der Waals surface area contributed by atoms with E-state index in [1.54, 1.807) is 18.2 Å². The molecule has 0 aliphatic rings. The average molecular weight is 331 g/mol. The number of halogens is 1. The highest BCUT2D eigenvalue weighted by molar-refractivity contribution is 5.94. The third-order valence-electron chi connectivity index (χ3n) is 2.85. The summed E-state index contributed by atoms with van der Waals surface area (Å²) in [5.41, 5.74) is 0.577. The molecule has 0 aromatic heterocycles. The van der Waals surface area contributed by atoms with Crippen molar-refractivity contribution in [3.63, 3.8) is 0 Å². The maximum atomic E-state index is 11.9. The normalized spacial score (nSPS) is 11.2. The van der Waals surface area contributed by atoms with Crippen molar-refractivity contribution in [3.05, 3.63) is 24.3 Å². The van der Waals surface area contributed by atoms with Gasteiger partial charge in [-0.2, -0.15) is 0 Å². The zero-order valence-electron chi connectivity index (χ0n) is 12.8. The second kappa shape index (κ2) is 10.9. The molecule has 0 spiro atoms. The molecule has 6 nitrogen and oxygen atoms in total. The van der Waals surface area contributed by atoms with Crippen LogP contribution in [0, 0.1) is 0 Å². The van der Waals surface area contributed by atoms with Crippen molar-refractivity contribution < 1.29 is 19.4 Å². The number of amides is 1. The molecular weight excluding hydrogens is 308 g/mol. The van der Waals surface area contributed by atoms with Gasteiger partial charge in [0.15, 0.2) is 0 Å². The van der Waals surface area contributed by atoms with Crippen LogP contribution in [0.1, 0.15) is 26.7 Å². The van der Waals surface area contributed by atoms with E-state index in [2.05, 4.69) is 10.6 Å². The minimum Gasteiger partial charge on any atom is -0.492 e. The van der Waals surface area contributed by atoms with Crippen molar-refractivity contribution in [1.29, 1.82) is 0 Å². The van der Waals surface area contributed by atoms with Gasteiger partial charge >= 0.3 is 5.97 Å². The van der Waals surface area contributed by atoms with Crippen LogP contribution in [0.5, 0.6) is 5.75 Å². The van der Waals surface area contributed by atoms with Gasteiger partial charge in [-0.3, -0.25) is 14.9 Å². The van der Waals surface area contributed by atoms with Gasteiger partial charge in [-0.05, 0) is 25.5 Å². The summed E-state index contributed by atoms with van der Waals surface area (Å²) < 4.78 is 5.41. The van der Waals surface area contributed by atoms with Crippen LogP contribution in [0.15, 0.2) is 24.3 Å². The quantitative estimate of drug-likeness (QED) is 0.646. The van der Waals surface area contributed by atoms with Crippen LogP contribution in [-0.2, 0) is 9.59 Å². The lowest BCUT2D eigenvalue weighted by Gasteiger charge is -2.14. The Labute approximate surface area is 136 Å². The lowest BCUT2D eigenvalue weighted by atomic mass is 10.2. The minimum absolute atomic E-state index is 0. The largest absolute Gasteiger partial charge is 0.492 e. The first kappa shape index (κ1) is 20.2. The van der Waals surface area contributed by atoms with Gasteiger partial charge in [-0.1, -0.05) is 25.5 Å². The van der Waals surface area contributed by atoms with E-state index in [1.807, 2.05) is 19.9 Å². The standard InChI is InChI=1S/C15H22N2O4.ClH/c1-3-7-12(15(19)20)16-10-14(18)17-11-8-5-6-9-13(11)21-4-2;/h5-6,8-9,12,16H,3-4,7,10H2,1-2H3,(H,17,18)(H,19,20);1H. The molecule has 0 bridgehead atoms. The summed E-state index contributed by atoms with van der Waals surface area (Å²) in [6, 6.07) is 6.42. The van der Waals surface area contributed by atoms with E-state index in [4.69, 9.17) is 9.84 Å². The molecule has 1 amide bonds. The van der Waals surface area contributed by atoms with Crippen LogP contribution < -0.4 is 15.4 Å². The molecule has 3 N–H and O–H groups in total. The molecule has 0 fully saturated rings. The van der Waals surface area contributed by atoms with Gasteiger partial charge in [-0.25, -0.2) is 0 Å². The Morgan fingerprint density at radius 1 is 1.27 bits per heavy atom. The van der Waals surface area contributed by atoms with E-state index in [1.165, 1.54) is 0 Å². The molecular formula is C15H23ClN2O4. The maximum absolute atomic E-state index is 11.9. The number of carboxylic acid groups (broad SMARTS) is 1. The molecule has 0 saturated carbocycles. The highest BCUT2D eigenvalue weighted by Crippen LogP contribution is 2.23. The molecule has 0 saturated heterocycles. The molecule has 0 aliphatic heterocycles. The van der Waals surface area contributed by atoms with Gasteiger partial charge in [0, 0.05) is 0 Å². The van der Waals surface area contributed by atoms with Gasteiger partial charge in [0.2, 0.25) is 5.91 Å². The topological polar surface area (TPSA) is 87.7 Å². The first-order valence-corrected chi connectivity index (χ1v) is 7.06. The summed E-state index contributed by atoms with van der Waals surface area (Å²) in [5.74, 6) is -0.652. The van der Waals surface area contributed by atoms with Gasteiger partial charge in [0.1, 0.15) is 11.8 Å². The molecule has 1 aromatic carbocycles. The number of carbonyl (C=O) groups excluding carboxylic acids is 1. The summed E-state index contributed by atoms with van der Waals surface area (Å²) in [6.45, 7) is 4.21. The zero-order chi connectivity index (χ0) is 15.7. The summed E-state index contributed by atoms with van der Waals surface area (Å²) in [5, 5.41) is 14.5. The van der Waals surface area contributed by atoms with Crippen molar-refractivity contribution in [1.82, 2.24) is 5.32 Å². The van der Waals surface area contributed by atoms with Crippen LogP contribution in [-0.4, -0.2) is 36.2 Å². The predicted octanol–water partition coefficient (Wildman–Crippen LogP) is 2.29. The fourth-order valence-corrected chi connectivity index (χ4v) is 1.86. The number of hydrogen-bond donors (Lipinski definition) is 3. The molecule has 1 aromatic rings. The molecule has 1 atom stereocenters. The number of para-hydroxylation sites is 2. The molecule has 0 aliphatic carbocycles. The third kappa shape index (κ3) is 6.78. The molecule has 124 valence electrons. The Morgan fingerprint density at radius 3 is 2.55 bits per heavy atom. The second-order valence-corrected chi connectivity index (χ2v) is 4.54. The van der Waals surface area contributed by atoms with Crippen molar-refractivity contribution in [2.45, 2.75) is 32.7 Å². The summed E-state index contributed by atoms with van der Waals surface area (Å²) in [7, 11) is 0. The van der Waals surface area contributed by atoms with Gasteiger partial charge in [0.05, 0.1) is 18.8 Å². The van der Waals surface area contributed by atoms with E-state index >= 15 is 0 Å². The van der Waals surface area contributed by atoms with Crippen LogP contribution in [0.4, 0.5) is 5.69 Å². The van der Waals surface area contributed by atoms with Gasteiger partial charge < -0.3 is 15.2 Å². The van der Waals surface area contributed by atoms with E-state index < -0.39 is 12.0 Å². The number of ether oxygens (including phenoxy) is 1. The van der Waals surface area contributed by atoms with Crippen molar-refractivity contribution in [2.75, 3.05) is 18.5 Å². The Hall–Kier alpha value is -1.79. The first-order chi connectivity index (χ1) is 10.1. The zero-order valence-corrected chi connectivity index (χ0v) is 13.6. The van der Waals surface area contributed by atoms with Crippen molar-refractivity contribution >= 4 is 30.0 Å².